The molecular weight excluding hydrogens is 226 g/mol. The molecule has 4 heteroatoms. The van der Waals surface area contributed by atoms with Crippen molar-refractivity contribution < 1.29 is 4.79 Å². The number of benzene rings is 1. The average molecular weight is 245 g/mol. The van der Waals surface area contributed by atoms with Gasteiger partial charge in [0.25, 0.3) is 0 Å². The number of carbonyl (C=O) groups is 1. The van der Waals surface area contributed by atoms with Gasteiger partial charge in [-0.2, -0.15) is 0 Å². The zero-order chi connectivity index (χ0) is 13.3. The predicted octanol–water partition coefficient (Wildman–Crippen LogP) is 2.51. The van der Waals surface area contributed by atoms with Gasteiger partial charge in [0.15, 0.2) is 0 Å². The van der Waals surface area contributed by atoms with Gasteiger partial charge in [0.05, 0.1) is 17.4 Å². The maximum Gasteiger partial charge on any atom is 0.243 e. The van der Waals surface area contributed by atoms with Gasteiger partial charge in [-0.05, 0) is 39.8 Å². The van der Waals surface area contributed by atoms with Crippen molar-refractivity contribution in [2.75, 3.05) is 0 Å². The Morgan fingerprint density at radius 3 is 2.67 bits per heavy atom. The van der Waals surface area contributed by atoms with E-state index in [4.69, 9.17) is 0 Å². The molecule has 1 atom stereocenters. The third kappa shape index (κ3) is 2.53. The molecule has 1 aromatic carbocycles. The van der Waals surface area contributed by atoms with E-state index in [9.17, 15) is 4.79 Å². The Bertz CT molecular complexity index is 566. The highest BCUT2D eigenvalue weighted by Gasteiger charge is 2.21. The minimum absolute atomic E-state index is 0.00523. The largest absolute Gasteiger partial charge is 0.350 e. The summed E-state index contributed by atoms with van der Waals surface area (Å²) in [6.45, 7) is 7.81. The first-order valence-corrected chi connectivity index (χ1v) is 6.12. The molecule has 18 heavy (non-hydrogen) atoms. The Balaban J connectivity index is 2.28. The third-order valence-electron chi connectivity index (χ3n) is 2.78. The minimum atomic E-state index is -0.267. The summed E-state index contributed by atoms with van der Waals surface area (Å²) in [4.78, 5) is 16.4. The summed E-state index contributed by atoms with van der Waals surface area (Å²) >= 11 is 0. The maximum atomic E-state index is 12.1. The van der Waals surface area contributed by atoms with Crippen molar-refractivity contribution in [1.29, 1.82) is 0 Å². The summed E-state index contributed by atoms with van der Waals surface area (Å²) in [7, 11) is 0. The molecule has 0 spiro atoms. The molecule has 0 fully saturated rings. The van der Waals surface area contributed by atoms with Gasteiger partial charge in [0.2, 0.25) is 5.91 Å². The molecule has 2 aromatic rings. The van der Waals surface area contributed by atoms with Crippen molar-refractivity contribution in [2.45, 2.75) is 39.3 Å². The minimum Gasteiger partial charge on any atom is -0.350 e. The van der Waals surface area contributed by atoms with Crippen LogP contribution in [-0.4, -0.2) is 21.0 Å². The van der Waals surface area contributed by atoms with Crippen molar-refractivity contribution in [2.24, 2.45) is 0 Å². The first-order valence-electron chi connectivity index (χ1n) is 6.12. The summed E-state index contributed by atoms with van der Waals surface area (Å²) in [5.41, 5.74) is 1.67. The number of carbonyl (C=O) groups excluding carboxylic acids is 1. The number of amides is 1. The van der Waals surface area contributed by atoms with Gasteiger partial charge >= 0.3 is 0 Å². The van der Waals surface area contributed by atoms with E-state index >= 15 is 0 Å². The summed E-state index contributed by atoms with van der Waals surface area (Å²) in [6, 6.07) is 7.55. The first-order chi connectivity index (χ1) is 8.38. The monoisotopic (exact) mass is 245 g/mol. The number of imidazole rings is 1. The van der Waals surface area contributed by atoms with Gasteiger partial charge in [0.1, 0.15) is 6.04 Å². The highest BCUT2D eigenvalue weighted by atomic mass is 16.2. The quantitative estimate of drug-likeness (QED) is 0.883. The highest BCUT2D eigenvalue weighted by molar-refractivity contribution is 5.83. The fourth-order valence-corrected chi connectivity index (χ4v) is 1.89. The SMILES string of the molecule is CC(C(=O)NC(C)(C)C)n1cnc2ccccc21. The number of fused-ring (bicyclic) bond motifs is 1. The lowest BCUT2D eigenvalue weighted by atomic mass is 10.1. The fourth-order valence-electron chi connectivity index (χ4n) is 1.89. The topological polar surface area (TPSA) is 46.9 Å². The van der Waals surface area contributed by atoms with Crippen molar-refractivity contribution in [3.63, 3.8) is 0 Å². The van der Waals surface area contributed by atoms with Crippen LogP contribution in [0, 0.1) is 0 Å². The second-order valence-electron chi connectivity index (χ2n) is 5.56. The smallest absolute Gasteiger partial charge is 0.243 e. The van der Waals surface area contributed by atoms with E-state index in [0.717, 1.165) is 11.0 Å². The number of nitrogens with one attached hydrogen (secondary N) is 1. The molecule has 1 unspecified atom stereocenters. The summed E-state index contributed by atoms with van der Waals surface area (Å²) in [5, 5.41) is 2.98. The Hall–Kier alpha value is -1.84. The second kappa shape index (κ2) is 4.44. The summed E-state index contributed by atoms with van der Waals surface area (Å²) < 4.78 is 1.90. The van der Waals surface area contributed by atoms with E-state index in [0.29, 0.717) is 0 Å². The summed E-state index contributed by atoms with van der Waals surface area (Å²) in [6.07, 6.45) is 1.72. The molecule has 96 valence electrons. The van der Waals surface area contributed by atoms with Crippen LogP contribution in [0.4, 0.5) is 0 Å². The second-order valence-corrected chi connectivity index (χ2v) is 5.56. The molecule has 0 radical (unpaired) electrons. The molecule has 4 nitrogen and oxygen atoms in total. The van der Waals surface area contributed by atoms with Crippen molar-refractivity contribution in [1.82, 2.24) is 14.9 Å². The lowest BCUT2D eigenvalue weighted by Gasteiger charge is -2.24. The first kappa shape index (κ1) is 12.6. The molecule has 0 saturated carbocycles. The Morgan fingerprint density at radius 1 is 1.33 bits per heavy atom. The highest BCUT2D eigenvalue weighted by Crippen LogP contribution is 2.18. The van der Waals surface area contributed by atoms with Gasteiger partial charge in [-0.15, -0.1) is 0 Å². The molecule has 0 aliphatic carbocycles. The Labute approximate surface area is 107 Å². The molecule has 1 N–H and O–H groups in total. The molecule has 0 saturated heterocycles. The van der Waals surface area contributed by atoms with Crippen LogP contribution in [0.3, 0.4) is 0 Å². The number of hydrogen-bond donors (Lipinski definition) is 1. The van der Waals surface area contributed by atoms with Crippen molar-refractivity contribution >= 4 is 16.9 Å². The number of rotatable bonds is 2. The maximum absolute atomic E-state index is 12.1. The molecule has 0 aliphatic rings. The van der Waals surface area contributed by atoms with Crippen LogP contribution in [0.1, 0.15) is 33.7 Å². The van der Waals surface area contributed by atoms with Crippen molar-refractivity contribution in [3.8, 4) is 0 Å². The van der Waals surface area contributed by atoms with Gasteiger partial charge in [-0.1, -0.05) is 12.1 Å². The van der Waals surface area contributed by atoms with Crippen LogP contribution in [0.25, 0.3) is 11.0 Å². The number of hydrogen-bond acceptors (Lipinski definition) is 2. The molecule has 0 aliphatic heterocycles. The van der Waals surface area contributed by atoms with Gasteiger partial charge < -0.3 is 9.88 Å². The van der Waals surface area contributed by atoms with Gasteiger partial charge in [0, 0.05) is 5.54 Å². The lowest BCUT2D eigenvalue weighted by molar-refractivity contribution is -0.125. The molecule has 1 aromatic heterocycles. The molecule has 0 bridgehead atoms. The van der Waals surface area contributed by atoms with Crippen LogP contribution < -0.4 is 5.32 Å². The van der Waals surface area contributed by atoms with Crippen molar-refractivity contribution in [3.05, 3.63) is 30.6 Å². The molecule has 1 amide bonds. The predicted molar refractivity (Wildman–Crippen MR) is 72.3 cm³/mol. The van der Waals surface area contributed by atoms with Crippen LogP contribution in [0.15, 0.2) is 30.6 Å². The number of para-hydroxylation sites is 2. The Morgan fingerprint density at radius 2 is 2.00 bits per heavy atom. The van der Waals surface area contributed by atoms with E-state index in [1.165, 1.54) is 0 Å². The van der Waals surface area contributed by atoms with E-state index in [1.54, 1.807) is 6.33 Å². The van der Waals surface area contributed by atoms with E-state index < -0.39 is 0 Å². The number of nitrogens with zero attached hydrogens (tertiary/aromatic N) is 2. The van der Waals surface area contributed by atoms with E-state index in [-0.39, 0.29) is 17.5 Å². The average Bonchev–Trinajstić information content (AvgIpc) is 2.69. The lowest BCUT2D eigenvalue weighted by Crippen LogP contribution is -2.43. The molecule has 2 rings (SSSR count). The van der Waals surface area contributed by atoms with Crippen LogP contribution in [-0.2, 0) is 4.79 Å². The third-order valence-corrected chi connectivity index (χ3v) is 2.78. The van der Waals surface area contributed by atoms with Gasteiger partial charge in [-0.3, -0.25) is 4.79 Å². The van der Waals surface area contributed by atoms with Gasteiger partial charge in [-0.25, -0.2) is 4.98 Å². The van der Waals surface area contributed by atoms with E-state index in [1.807, 2.05) is 56.5 Å². The zero-order valence-electron chi connectivity index (χ0n) is 11.3. The van der Waals surface area contributed by atoms with Crippen LogP contribution in [0.2, 0.25) is 0 Å². The molecular formula is C14H19N3O. The normalized spacial score (nSPS) is 13.6. The fraction of sp³-hybridized carbons (Fsp3) is 0.429. The Kier molecular flexibility index (Phi) is 3.11. The van der Waals surface area contributed by atoms with Crippen LogP contribution >= 0.6 is 0 Å². The zero-order valence-corrected chi connectivity index (χ0v) is 11.3. The molecule has 1 heterocycles. The standard InChI is InChI=1S/C14H19N3O/c1-10(13(18)16-14(2,3)4)17-9-15-11-7-5-6-8-12(11)17/h5-10H,1-4H3,(H,16,18). The summed E-state index contributed by atoms with van der Waals surface area (Å²) in [5.74, 6) is 0.00523. The van der Waals surface area contributed by atoms with E-state index in [2.05, 4.69) is 10.3 Å². The van der Waals surface area contributed by atoms with Crippen LogP contribution in [0.5, 0.6) is 0 Å². The number of aromatic nitrogens is 2.